The molecular weight excluding hydrogens is 280 g/mol. The van der Waals surface area contributed by atoms with E-state index in [-0.39, 0.29) is 12.5 Å². The second-order valence-corrected chi connectivity index (χ2v) is 5.64. The van der Waals surface area contributed by atoms with Crippen LogP contribution in [0.1, 0.15) is 41.4 Å². The highest BCUT2D eigenvalue weighted by atomic mass is 16.4. The fraction of sp³-hybridized carbons (Fsp3) is 0.412. The van der Waals surface area contributed by atoms with E-state index in [1.807, 2.05) is 32.9 Å². The standard InChI is InChI=1S/C17H22N2O3/c1-4-6-12(17(21)22)9-18-16(20)14-8-5-7-13-10(2)11(3)19-15(13)14/h5,7-8,12,19H,4,6,9H2,1-3H3,(H,18,20)(H,21,22). The summed E-state index contributed by atoms with van der Waals surface area (Å²) < 4.78 is 0. The summed E-state index contributed by atoms with van der Waals surface area (Å²) in [7, 11) is 0. The third kappa shape index (κ3) is 3.13. The molecule has 0 saturated heterocycles. The number of hydrogen-bond acceptors (Lipinski definition) is 2. The van der Waals surface area contributed by atoms with Gasteiger partial charge in [-0.2, -0.15) is 0 Å². The number of carbonyl (C=O) groups is 2. The number of nitrogens with one attached hydrogen (secondary N) is 2. The monoisotopic (exact) mass is 302 g/mol. The average molecular weight is 302 g/mol. The number of fused-ring (bicyclic) bond motifs is 1. The Morgan fingerprint density at radius 3 is 2.68 bits per heavy atom. The summed E-state index contributed by atoms with van der Waals surface area (Å²) >= 11 is 0. The lowest BCUT2D eigenvalue weighted by Crippen LogP contribution is -2.33. The van der Waals surface area contributed by atoms with Gasteiger partial charge in [0, 0.05) is 17.6 Å². The first-order valence-corrected chi connectivity index (χ1v) is 7.54. The number of rotatable bonds is 6. The van der Waals surface area contributed by atoms with E-state index in [0.29, 0.717) is 12.0 Å². The molecule has 0 fully saturated rings. The van der Waals surface area contributed by atoms with Crippen molar-refractivity contribution in [3.63, 3.8) is 0 Å². The number of aromatic nitrogens is 1. The van der Waals surface area contributed by atoms with E-state index in [2.05, 4.69) is 10.3 Å². The van der Waals surface area contributed by atoms with E-state index < -0.39 is 11.9 Å². The van der Waals surface area contributed by atoms with Gasteiger partial charge in [-0.1, -0.05) is 25.5 Å². The number of aromatic amines is 1. The molecule has 0 spiro atoms. The van der Waals surface area contributed by atoms with Crippen LogP contribution in [0.15, 0.2) is 18.2 Å². The number of carbonyl (C=O) groups excluding carboxylic acids is 1. The first kappa shape index (κ1) is 16.1. The number of para-hydroxylation sites is 1. The fourth-order valence-corrected chi connectivity index (χ4v) is 2.64. The lowest BCUT2D eigenvalue weighted by molar-refractivity contribution is -0.141. The van der Waals surface area contributed by atoms with Gasteiger partial charge in [-0.25, -0.2) is 0 Å². The second-order valence-electron chi connectivity index (χ2n) is 5.64. The SMILES string of the molecule is CCCC(CNC(=O)c1cccc2c(C)c(C)[nH]c12)C(=O)O. The number of hydrogen-bond donors (Lipinski definition) is 3. The maximum atomic E-state index is 12.4. The predicted molar refractivity (Wildman–Crippen MR) is 86.1 cm³/mol. The Morgan fingerprint density at radius 1 is 1.32 bits per heavy atom. The van der Waals surface area contributed by atoms with E-state index >= 15 is 0 Å². The van der Waals surface area contributed by atoms with E-state index in [1.54, 1.807) is 6.07 Å². The molecule has 0 aliphatic rings. The number of carboxylic acids is 1. The Labute approximate surface area is 129 Å². The molecule has 0 aliphatic heterocycles. The number of carboxylic acid groups (broad SMARTS) is 1. The van der Waals surface area contributed by atoms with Crippen LogP contribution >= 0.6 is 0 Å². The Bertz CT molecular complexity index is 703. The van der Waals surface area contributed by atoms with E-state index in [1.165, 1.54) is 0 Å². The molecule has 22 heavy (non-hydrogen) atoms. The normalized spacial score (nSPS) is 12.3. The van der Waals surface area contributed by atoms with Crippen molar-refractivity contribution in [1.82, 2.24) is 10.3 Å². The van der Waals surface area contributed by atoms with Gasteiger partial charge in [0.05, 0.1) is 17.0 Å². The zero-order chi connectivity index (χ0) is 16.3. The molecule has 2 aromatic rings. The maximum Gasteiger partial charge on any atom is 0.308 e. The molecule has 1 amide bonds. The molecule has 1 unspecified atom stereocenters. The summed E-state index contributed by atoms with van der Waals surface area (Å²) in [4.78, 5) is 26.8. The molecule has 5 heteroatoms. The van der Waals surface area contributed by atoms with Gasteiger partial charge >= 0.3 is 5.97 Å². The van der Waals surface area contributed by atoms with Crippen molar-refractivity contribution in [3.8, 4) is 0 Å². The molecule has 1 aromatic carbocycles. The van der Waals surface area contributed by atoms with Gasteiger partial charge in [0.1, 0.15) is 0 Å². The molecule has 0 bridgehead atoms. The van der Waals surface area contributed by atoms with Crippen LogP contribution in [0.25, 0.3) is 10.9 Å². The molecule has 0 radical (unpaired) electrons. The zero-order valence-electron chi connectivity index (χ0n) is 13.2. The minimum atomic E-state index is -0.869. The highest BCUT2D eigenvalue weighted by Crippen LogP contribution is 2.24. The molecule has 118 valence electrons. The van der Waals surface area contributed by atoms with Crippen LogP contribution in [-0.2, 0) is 4.79 Å². The van der Waals surface area contributed by atoms with Crippen molar-refractivity contribution in [2.75, 3.05) is 6.54 Å². The summed E-state index contributed by atoms with van der Waals surface area (Å²) in [6.45, 7) is 6.07. The van der Waals surface area contributed by atoms with Crippen molar-refractivity contribution in [1.29, 1.82) is 0 Å². The summed E-state index contributed by atoms with van der Waals surface area (Å²) in [5, 5.41) is 12.9. The van der Waals surface area contributed by atoms with Gasteiger partial charge in [0.2, 0.25) is 0 Å². The third-order valence-corrected chi connectivity index (χ3v) is 4.08. The zero-order valence-corrected chi connectivity index (χ0v) is 13.2. The van der Waals surface area contributed by atoms with Crippen molar-refractivity contribution in [3.05, 3.63) is 35.0 Å². The van der Waals surface area contributed by atoms with E-state index in [0.717, 1.165) is 28.6 Å². The molecule has 2 rings (SSSR count). The lowest BCUT2D eigenvalue weighted by Gasteiger charge is -2.12. The molecule has 5 nitrogen and oxygen atoms in total. The number of benzene rings is 1. The summed E-state index contributed by atoms with van der Waals surface area (Å²) in [6.07, 6.45) is 1.33. The van der Waals surface area contributed by atoms with Crippen LogP contribution in [0.2, 0.25) is 0 Å². The van der Waals surface area contributed by atoms with Gasteiger partial charge < -0.3 is 15.4 Å². The largest absolute Gasteiger partial charge is 0.481 e. The number of aliphatic carboxylic acids is 1. The third-order valence-electron chi connectivity index (χ3n) is 4.08. The first-order valence-electron chi connectivity index (χ1n) is 7.54. The van der Waals surface area contributed by atoms with Crippen LogP contribution in [0.3, 0.4) is 0 Å². The molecule has 0 saturated carbocycles. The Hall–Kier alpha value is -2.30. The molecule has 0 aliphatic carbocycles. The predicted octanol–water partition coefficient (Wildman–Crippen LogP) is 3.02. The summed E-state index contributed by atoms with van der Waals surface area (Å²) in [6, 6.07) is 5.57. The summed E-state index contributed by atoms with van der Waals surface area (Å²) in [5.74, 6) is -1.65. The van der Waals surface area contributed by atoms with Crippen molar-refractivity contribution < 1.29 is 14.7 Å². The number of H-pyrrole nitrogens is 1. The van der Waals surface area contributed by atoms with Crippen LogP contribution in [0.4, 0.5) is 0 Å². The number of aryl methyl sites for hydroxylation is 2. The van der Waals surface area contributed by atoms with Crippen LogP contribution in [-0.4, -0.2) is 28.5 Å². The van der Waals surface area contributed by atoms with E-state index in [9.17, 15) is 9.59 Å². The molecule has 3 N–H and O–H groups in total. The van der Waals surface area contributed by atoms with Crippen molar-refractivity contribution in [2.24, 2.45) is 5.92 Å². The first-order chi connectivity index (χ1) is 10.5. The second kappa shape index (κ2) is 6.64. The molecule has 1 atom stereocenters. The minimum absolute atomic E-state index is 0.150. The molecule has 1 aromatic heterocycles. The maximum absolute atomic E-state index is 12.4. The van der Waals surface area contributed by atoms with Crippen molar-refractivity contribution >= 4 is 22.8 Å². The van der Waals surface area contributed by atoms with Gasteiger partial charge in [0.15, 0.2) is 0 Å². The topological polar surface area (TPSA) is 82.2 Å². The Morgan fingerprint density at radius 2 is 2.05 bits per heavy atom. The highest BCUT2D eigenvalue weighted by molar-refractivity contribution is 6.06. The fourth-order valence-electron chi connectivity index (χ4n) is 2.64. The van der Waals surface area contributed by atoms with Gasteiger partial charge in [-0.15, -0.1) is 0 Å². The number of amides is 1. The molecular formula is C17H22N2O3. The smallest absolute Gasteiger partial charge is 0.308 e. The van der Waals surface area contributed by atoms with E-state index in [4.69, 9.17) is 5.11 Å². The highest BCUT2D eigenvalue weighted by Gasteiger charge is 2.19. The minimum Gasteiger partial charge on any atom is -0.481 e. The summed E-state index contributed by atoms with van der Waals surface area (Å²) in [5.41, 5.74) is 3.51. The average Bonchev–Trinajstić information content (AvgIpc) is 2.78. The van der Waals surface area contributed by atoms with Gasteiger partial charge in [-0.05, 0) is 31.9 Å². The van der Waals surface area contributed by atoms with Crippen LogP contribution in [0.5, 0.6) is 0 Å². The quantitative estimate of drug-likeness (QED) is 0.767. The van der Waals surface area contributed by atoms with Gasteiger partial charge in [-0.3, -0.25) is 9.59 Å². The van der Waals surface area contributed by atoms with Crippen LogP contribution < -0.4 is 5.32 Å². The lowest BCUT2D eigenvalue weighted by atomic mass is 10.0. The van der Waals surface area contributed by atoms with Crippen molar-refractivity contribution in [2.45, 2.75) is 33.6 Å². The molecule has 1 heterocycles. The Kier molecular flexibility index (Phi) is 4.85. The van der Waals surface area contributed by atoms with Gasteiger partial charge in [0.25, 0.3) is 5.91 Å². The van der Waals surface area contributed by atoms with Crippen LogP contribution in [0, 0.1) is 19.8 Å². The Balaban J connectivity index is 2.20.